The van der Waals surface area contributed by atoms with Gasteiger partial charge in [-0.05, 0) is 42.5 Å². The molecule has 0 spiro atoms. The van der Waals surface area contributed by atoms with Crippen LogP contribution in [0, 0.1) is 0 Å². The lowest BCUT2D eigenvalue weighted by Crippen LogP contribution is -2.33. The number of carboxylic acid groups (broad SMARTS) is 1. The molecule has 156 valence electrons. The summed E-state index contributed by atoms with van der Waals surface area (Å²) in [6.45, 7) is 1.43. The number of sulfonamides is 2. The van der Waals surface area contributed by atoms with Gasteiger partial charge in [0.05, 0.1) is 21.0 Å². The third-order valence-corrected chi connectivity index (χ3v) is 7.56. The first kappa shape index (κ1) is 21.4. The van der Waals surface area contributed by atoms with Gasteiger partial charge < -0.3 is 10.0 Å². The fourth-order valence-corrected chi connectivity index (χ4v) is 5.34. The summed E-state index contributed by atoms with van der Waals surface area (Å²) < 4.78 is 50.1. The Hall–Kier alpha value is -2.28. The number of benzene rings is 2. The molecule has 1 aliphatic rings. The van der Waals surface area contributed by atoms with Crippen molar-refractivity contribution < 1.29 is 26.7 Å². The Bertz CT molecular complexity index is 1130. The molecule has 9 nitrogen and oxygen atoms in total. The van der Waals surface area contributed by atoms with Crippen LogP contribution in [-0.4, -0.2) is 52.5 Å². The summed E-state index contributed by atoms with van der Waals surface area (Å²) in [5.41, 5.74) is 0.632. The van der Waals surface area contributed by atoms with Crippen LogP contribution in [0.5, 0.6) is 0 Å². The van der Waals surface area contributed by atoms with E-state index in [1.54, 1.807) is 17.8 Å². The molecular weight excluding hydrogens is 438 g/mol. The fourth-order valence-electron chi connectivity index (χ4n) is 2.87. The van der Waals surface area contributed by atoms with E-state index in [4.69, 9.17) is 5.14 Å². The Morgan fingerprint density at radius 1 is 1.00 bits per heavy atom. The van der Waals surface area contributed by atoms with E-state index < -0.39 is 26.0 Å². The van der Waals surface area contributed by atoms with E-state index in [-0.39, 0.29) is 21.0 Å². The molecule has 1 heterocycles. The van der Waals surface area contributed by atoms with Gasteiger partial charge in [-0.15, -0.1) is 0 Å². The molecule has 29 heavy (non-hydrogen) atoms. The minimum Gasteiger partial charge on any atom is -0.478 e. The molecule has 0 atom stereocenters. The molecule has 12 heteroatoms. The molecule has 0 radical (unpaired) electrons. The van der Waals surface area contributed by atoms with Gasteiger partial charge >= 0.3 is 5.97 Å². The van der Waals surface area contributed by atoms with Gasteiger partial charge in [0.2, 0.25) is 10.0 Å². The zero-order valence-corrected chi connectivity index (χ0v) is 17.6. The minimum absolute atomic E-state index is 0.00155. The van der Waals surface area contributed by atoms with Crippen LogP contribution >= 0.6 is 11.8 Å². The highest BCUT2D eigenvalue weighted by Gasteiger charge is 2.21. The summed E-state index contributed by atoms with van der Waals surface area (Å²) in [6, 6.07) is 8.75. The second kappa shape index (κ2) is 8.22. The van der Waals surface area contributed by atoms with Gasteiger partial charge in [-0.25, -0.2) is 26.8 Å². The lowest BCUT2D eigenvalue weighted by atomic mass is 10.1. The van der Waals surface area contributed by atoms with Gasteiger partial charge in [-0.3, -0.25) is 4.72 Å². The van der Waals surface area contributed by atoms with Gasteiger partial charge in [-0.1, -0.05) is 0 Å². The Balaban J connectivity index is 1.88. The lowest BCUT2D eigenvalue weighted by molar-refractivity contribution is 0.0697. The van der Waals surface area contributed by atoms with Crippen LogP contribution in [0.25, 0.3) is 0 Å². The van der Waals surface area contributed by atoms with E-state index in [0.29, 0.717) is 18.8 Å². The second-order valence-corrected chi connectivity index (χ2v) is 10.7. The quantitative estimate of drug-likeness (QED) is 0.589. The van der Waals surface area contributed by atoms with E-state index >= 15 is 0 Å². The maximum absolute atomic E-state index is 12.6. The van der Waals surface area contributed by atoms with Gasteiger partial charge in [0.25, 0.3) is 10.0 Å². The molecule has 0 aromatic heterocycles. The largest absolute Gasteiger partial charge is 0.478 e. The number of carbonyl (C=O) groups is 1. The first-order chi connectivity index (χ1) is 13.6. The second-order valence-electron chi connectivity index (χ2n) is 6.26. The standard InChI is InChI=1S/C17H19N3O6S3/c18-28(23,24)13-2-4-14(5-3-13)29(25,26)19-12-1-6-16(15(11-12)17(21)22)20-7-9-27-10-8-20/h1-6,11,19H,7-10H2,(H,21,22)(H2,18,23,24). The van der Waals surface area contributed by atoms with Crippen LogP contribution in [-0.2, 0) is 20.0 Å². The number of carboxylic acids is 1. The van der Waals surface area contributed by atoms with E-state index in [0.717, 1.165) is 35.8 Å². The zero-order chi connectivity index (χ0) is 21.2. The Kier molecular flexibility index (Phi) is 6.08. The molecule has 1 saturated heterocycles. The topological polar surface area (TPSA) is 147 Å². The molecule has 4 N–H and O–H groups in total. The molecule has 1 aliphatic heterocycles. The van der Waals surface area contributed by atoms with E-state index in [1.807, 2.05) is 4.90 Å². The molecule has 0 amide bonds. The van der Waals surface area contributed by atoms with Crippen molar-refractivity contribution in [3.05, 3.63) is 48.0 Å². The first-order valence-electron chi connectivity index (χ1n) is 8.44. The van der Waals surface area contributed by atoms with Crippen LogP contribution in [0.2, 0.25) is 0 Å². The van der Waals surface area contributed by atoms with Crippen molar-refractivity contribution >= 4 is 49.2 Å². The highest BCUT2D eigenvalue weighted by Crippen LogP contribution is 2.28. The van der Waals surface area contributed by atoms with Crippen LogP contribution in [0.15, 0.2) is 52.3 Å². The molecule has 2 aromatic rings. The molecule has 0 bridgehead atoms. The predicted molar refractivity (Wildman–Crippen MR) is 112 cm³/mol. The molecule has 0 saturated carbocycles. The third-order valence-electron chi connectivity index (χ3n) is 4.29. The summed E-state index contributed by atoms with van der Waals surface area (Å²) in [5, 5.41) is 14.6. The van der Waals surface area contributed by atoms with Crippen LogP contribution in [0.4, 0.5) is 11.4 Å². The molecule has 1 fully saturated rings. The maximum atomic E-state index is 12.6. The van der Waals surface area contributed by atoms with E-state index in [2.05, 4.69) is 4.72 Å². The summed E-state index contributed by atoms with van der Waals surface area (Å²) >= 11 is 1.79. The maximum Gasteiger partial charge on any atom is 0.337 e. The van der Waals surface area contributed by atoms with Crippen molar-refractivity contribution in [3.8, 4) is 0 Å². The number of hydrogen-bond donors (Lipinski definition) is 3. The number of rotatable bonds is 6. The van der Waals surface area contributed by atoms with Gasteiger partial charge in [0.1, 0.15) is 0 Å². The van der Waals surface area contributed by atoms with Crippen molar-refractivity contribution in [1.29, 1.82) is 0 Å². The van der Waals surface area contributed by atoms with Crippen molar-refractivity contribution in [2.45, 2.75) is 9.79 Å². The molecule has 0 unspecified atom stereocenters. The molecule has 2 aromatic carbocycles. The zero-order valence-electron chi connectivity index (χ0n) is 15.1. The summed E-state index contributed by atoms with van der Waals surface area (Å²) in [4.78, 5) is 13.3. The number of primary sulfonamides is 1. The van der Waals surface area contributed by atoms with E-state index in [9.17, 15) is 26.7 Å². The van der Waals surface area contributed by atoms with Crippen LogP contribution < -0.4 is 14.8 Å². The van der Waals surface area contributed by atoms with Crippen molar-refractivity contribution in [1.82, 2.24) is 0 Å². The first-order valence-corrected chi connectivity index (χ1v) is 12.6. The number of aromatic carboxylic acids is 1. The van der Waals surface area contributed by atoms with Gasteiger partial charge in [-0.2, -0.15) is 11.8 Å². The number of anilines is 2. The van der Waals surface area contributed by atoms with Crippen LogP contribution in [0.1, 0.15) is 10.4 Å². The van der Waals surface area contributed by atoms with Gasteiger partial charge in [0.15, 0.2) is 0 Å². The van der Waals surface area contributed by atoms with Gasteiger partial charge in [0, 0.05) is 30.3 Å². The SMILES string of the molecule is NS(=O)(=O)c1ccc(S(=O)(=O)Nc2ccc(N3CCSCC3)c(C(=O)O)c2)cc1. The number of nitrogens with two attached hydrogens (primary N) is 1. The highest BCUT2D eigenvalue weighted by molar-refractivity contribution is 7.99. The normalized spacial score (nSPS) is 15.1. The molecule has 0 aliphatic carbocycles. The predicted octanol–water partition coefficient (Wildman–Crippen LogP) is 1.39. The average Bonchev–Trinajstić information content (AvgIpc) is 2.68. The lowest BCUT2D eigenvalue weighted by Gasteiger charge is -2.29. The number of hydrogen-bond acceptors (Lipinski definition) is 7. The number of nitrogens with zero attached hydrogens (tertiary/aromatic N) is 1. The summed E-state index contributed by atoms with van der Waals surface area (Å²) in [6.07, 6.45) is 0. The fraction of sp³-hybridized carbons (Fsp3) is 0.235. The molecule has 3 rings (SSSR count). The molecular formula is C17H19N3O6S3. The Labute approximate surface area is 173 Å². The number of nitrogens with one attached hydrogen (secondary N) is 1. The summed E-state index contributed by atoms with van der Waals surface area (Å²) in [7, 11) is -7.99. The highest BCUT2D eigenvalue weighted by atomic mass is 32.2. The Morgan fingerprint density at radius 3 is 2.14 bits per heavy atom. The third kappa shape index (κ3) is 5.01. The minimum atomic E-state index is -4.05. The summed E-state index contributed by atoms with van der Waals surface area (Å²) in [5.74, 6) is 0.626. The smallest absolute Gasteiger partial charge is 0.337 e. The van der Waals surface area contributed by atoms with Crippen molar-refractivity contribution in [2.24, 2.45) is 5.14 Å². The monoisotopic (exact) mass is 457 g/mol. The van der Waals surface area contributed by atoms with Crippen molar-refractivity contribution in [3.63, 3.8) is 0 Å². The van der Waals surface area contributed by atoms with E-state index in [1.165, 1.54) is 12.1 Å². The Morgan fingerprint density at radius 2 is 1.59 bits per heavy atom. The van der Waals surface area contributed by atoms with Crippen molar-refractivity contribution in [2.75, 3.05) is 34.2 Å². The van der Waals surface area contributed by atoms with Crippen LogP contribution in [0.3, 0.4) is 0 Å². The average molecular weight is 458 g/mol. The number of thioether (sulfide) groups is 1.